The fourth-order valence-corrected chi connectivity index (χ4v) is 3.17. The minimum Gasteiger partial charge on any atom is -0.365 e. The van der Waals surface area contributed by atoms with Crippen LogP contribution >= 0.6 is 27.3 Å². The molecule has 5 nitrogen and oxygen atoms in total. The molecular weight excluding hydrogens is 350 g/mol. The fourth-order valence-electron chi connectivity index (χ4n) is 1.78. The van der Waals surface area contributed by atoms with Gasteiger partial charge < -0.3 is 10.7 Å². The molecule has 0 amide bonds. The average Bonchev–Trinajstić information content (AvgIpc) is 2.82. The van der Waals surface area contributed by atoms with Gasteiger partial charge in [-0.15, -0.1) is 11.3 Å². The van der Waals surface area contributed by atoms with Crippen molar-refractivity contribution in [2.24, 2.45) is 5.84 Å². The van der Waals surface area contributed by atoms with Crippen LogP contribution in [0.2, 0.25) is 0 Å². The number of hydrogen-bond donors (Lipinski definition) is 3. The van der Waals surface area contributed by atoms with E-state index in [1.807, 2.05) is 6.92 Å². The molecule has 0 fully saturated rings. The second-order valence-electron chi connectivity index (χ2n) is 5.85. The number of anilines is 2. The third-order valence-corrected chi connectivity index (χ3v) is 4.70. The third kappa shape index (κ3) is 3.93. The van der Waals surface area contributed by atoms with Crippen molar-refractivity contribution in [3.8, 4) is 0 Å². The largest absolute Gasteiger partial charge is 0.365 e. The quantitative estimate of drug-likeness (QED) is 0.564. The molecule has 21 heavy (non-hydrogen) atoms. The van der Waals surface area contributed by atoms with Crippen LogP contribution in [0.3, 0.4) is 0 Å². The van der Waals surface area contributed by atoms with Crippen molar-refractivity contribution < 1.29 is 0 Å². The van der Waals surface area contributed by atoms with Crippen LogP contribution in [0.15, 0.2) is 15.9 Å². The lowest BCUT2D eigenvalue weighted by molar-refractivity contribution is 0.546. The van der Waals surface area contributed by atoms with Crippen molar-refractivity contribution in [2.75, 3.05) is 10.7 Å². The van der Waals surface area contributed by atoms with Crippen LogP contribution in [0.25, 0.3) is 0 Å². The second kappa shape index (κ2) is 6.29. The topological polar surface area (TPSA) is 75.9 Å². The van der Waals surface area contributed by atoms with Crippen molar-refractivity contribution in [1.29, 1.82) is 0 Å². The third-order valence-electron chi connectivity index (χ3n) is 3.01. The maximum absolute atomic E-state index is 5.57. The zero-order chi connectivity index (χ0) is 15.6. The Morgan fingerprint density at radius 2 is 1.95 bits per heavy atom. The number of halogens is 1. The lowest BCUT2D eigenvalue weighted by atomic mass is 9.95. The number of nitrogen functional groups attached to an aromatic ring is 1. The Hall–Kier alpha value is -1.18. The predicted molar refractivity (Wildman–Crippen MR) is 92.6 cm³/mol. The van der Waals surface area contributed by atoms with Gasteiger partial charge in [0, 0.05) is 25.7 Å². The lowest BCUT2D eigenvalue weighted by Gasteiger charge is -2.20. The van der Waals surface area contributed by atoms with Crippen molar-refractivity contribution >= 4 is 38.9 Å². The molecule has 7 heteroatoms. The molecule has 0 aromatic carbocycles. The molecule has 0 atom stereocenters. The summed E-state index contributed by atoms with van der Waals surface area (Å²) < 4.78 is 1.10. The number of hydrogen-bond acceptors (Lipinski definition) is 6. The van der Waals surface area contributed by atoms with Crippen molar-refractivity contribution in [2.45, 2.75) is 39.7 Å². The molecule has 0 spiro atoms. The van der Waals surface area contributed by atoms with Gasteiger partial charge in [0.05, 0.1) is 6.54 Å². The predicted octanol–water partition coefficient (Wildman–Crippen LogP) is 3.80. The first-order valence-electron chi connectivity index (χ1n) is 6.64. The van der Waals surface area contributed by atoms with E-state index in [1.165, 1.54) is 4.88 Å². The van der Waals surface area contributed by atoms with Gasteiger partial charge in [-0.25, -0.2) is 15.8 Å². The number of nitrogens with zero attached hydrogens (tertiary/aromatic N) is 2. The van der Waals surface area contributed by atoms with Crippen LogP contribution in [0, 0.1) is 6.92 Å². The summed E-state index contributed by atoms with van der Waals surface area (Å²) in [6, 6.07) is 2.10. The van der Waals surface area contributed by atoms with Crippen LogP contribution in [0.1, 0.15) is 37.0 Å². The first-order chi connectivity index (χ1) is 9.81. The highest BCUT2D eigenvalue weighted by atomic mass is 79.9. The Labute approximate surface area is 137 Å². The van der Waals surface area contributed by atoms with Crippen LogP contribution in [-0.2, 0) is 12.0 Å². The van der Waals surface area contributed by atoms with Gasteiger partial charge >= 0.3 is 0 Å². The molecule has 2 heterocycles. The molecule has 0 bridgehead atoms. The van der Waals surface area contributed by atoms with Gasteiger partial charge in [0.25, 0.3) is 0 Å². The zero-order valence-electron chi connectivity index (χ0n) is 12.6. The summed E-state index contributed by atoms with van der Waals surface area (Å²) in [7, 11) is 0. The highest BCUT2D eigenvalue weighted by Gasteiger charge is 2.21. The van der Waals surface area contributed by atoms with E-state index in [-0.39, 0.29) is 5.41 Å². The minimum atomic E-state index is -0.137. The van der Waals surface area contributed by atoms with E-state index < -0.39 is 0 Å². The molecule has 2 aromatic heterocycles. The summed E-state index contributed by atoms with van der Waals surface area (Å²) in [6.45, 7) is 8.92. The SMILES string of the molecule is Cc1c(NN)nc(C(C)(C)C)nc1NCc1cc(Br)cs1. The van der Waals surface area contributed by atoms with Crippen LogP contribution in [0.5, 0.6) is 0 Å². The normalized spacial score (nSPS) is 11.5. The molecule has 0 aliphatic carbocycles. The van der Waals surface area contributed by atoms with Gasteiger partial charge in [-0.3, -0.25) is 0 Å². The molecule has 2 rings (SSSR count). The van der Waals surface area contributed by atoms with Gasteiger partial charge in [-0.05, 0) is 28.9 Å². The Morgan fingerprint density at radius 1 is 1.29 bits per heavy atom. The number of aromatic nitrogens is 2. The van der Waals surface area contributed by atoms with Gasteiger partial charge in [0.2, 0.25) is 0 Å². The number of nitrogens with two attached hydrogens (primary N) is 1. The van der Waals surface area contributed by atoms with Crippen molar-refractivity contribution in [3.63, 3.8) is 0 Å². The van der Waals surface area contributed by atoms with Crippen LogP contribution in [0.4, 0.5) is 11.6 Å². The molecule has 0 saturated heterocycles. The zero-order valence-corrected chi connectivity index (χ0v) is 15.0. The molecule has 114 valence electrons. The molecule has 4 N–H and O–H groups in total. The van der Waals surface area contributed by atoms with Gasteiger partial charge in [0.1, 0.15) is 17.5 Å². The average molecular weight is 370 g/mol. The van der Waals surface area contributed by atoms with E-state index in [1.54, 1.807) is 11.3 Å². The summed E-state index contributed by atoms with van der Waals surface area (Å²) in [6.07, 6.45) is 0. The number of nitrogens with one attached hydrogen (secondary N) is 2. The molecular formula is C14H20BrN5S. The summed E-state index contributed by atoms with van der Waals surface area (Å²) in [5, 5.41) is 5.44. The minimum absolute atomic E-state index is 0.137. The molecule has 2 aromatic rings. The molecule has 0 aliphatic heterocycles. The molecule has 0 saturated carbocycles. The Bertz CT molecular complexity index is 633. The Kier molecular flexibility index (Phi) is 4.85. The fraction of sp³-hybridized carbons (Fsp3) is 0.429. The highest BCUT2D eigenvalue weighted by molar-refractivity contribution is 9.10. The molecule has 0 unspecified atom stereocenters. The Balaban J connectivity index is 2.28. The summed E-state index contributed by atoms with van der Waals surface area (Å²) in [4.78, 5) is 10.4. The molecule has 0 aliphatic rings. The summed E-state index contributed by atoms with van der Waals surface area (Å²) in [5.41, 5.74) is 3.43. The van der Waals surface area contributed by atoms with E-state index in [0.29, 0.717) is 5.82 Å². The molecule has 0 radical (unpaired) electrons. The lowest BCUT2D eigenvalue weighted by Crippen LogP contribution is -2.21. The van der Waals surface area contributed by atoms with Gasteiger partial charge in [-0.2, -0.15) is 0 Å². The smallest absolute Gasteiger partial charge is 0.148 e. The van der Waals surface area contributed by atoms with E-state index in [0.717, 1.165) is 28.2 Å². The number of hydrazine groups is 1. The van der Waals surface area contributed by atoms with Crippen LogP contribution < -0.4 is 16.6 Å². The second-order valence-corrected chi connectivity index (χ2v) is 7.76. The number of thiophene rings is 1. The maximum Gasteiger partial charge on any atom is 0.148 e. The van der Waals surface area contributed by atoms with E-state index in [4.69, 9.17) is 5.84 Å². The van der Waals surface area contributed by atoms with E-state index in [9.17, 15) is 0 Å². The van der Waals surface area contributed by atoms with Crippen molar-refractivity contribution in [3.05, 3.63) is 32.2 Å². The van der Waals surface area contributed by atoms with Gasteiger partial charge in [-0.1, -0.05) is 20.8 Å². The standard InChI is InChI=1S/C14H20BrN5S/c1-8-11(17-6-10-5-9(15)7-21-10)18-13(14(2,3)4)19-12(8)20-16/h5,7H,6,16H2,1-4H3,(H2,17,18,19,20). The van der Waals surface area contributed by atoms with Crippen LogP contribution in [-0.4, -0.2) is 9.97 Å². The number of rotatable bonds is 4. The summed E-state index contributed by atoms with van der Waals surface area (Å²) >= 11 is 5.17. The summed E-state index contributed by atoms with van der Waals surface area (Å²) in [5.74, 6) is 7.80. The van der Waals surface area contributed by atoms with E-state index in [2.05, 4.69) is 68.9 Å². The first kappa shape index (κ1) is 16.2. The van der Waals surface area contributed by atoms with Crippen molar-refractivity contribution in [1.82, 2.24) is 9.97 Å². The van der Waals surface area contributed by atoms with E-state index >= 15 is 0 Å². The highest BCUT2D eigenvalue weighted by Crippen LogP contribution is 2.27. The maximum atomic E-state index is 5.57. The van der Waals surface area contributed by atoms with Gasteiger partial charge in [0.15, 0.2) is 0 Å². The first-order valence-corrected chi connectivity index (χ1v) is 8.31. The monoisotopic (exact) mass is 369 g/mol. The Morgan fingerprint density at radius 3 is 2.48 bits per heavy atom.